The Morgan fingerprint density at radius 2 is 1.39 bits per heavy atom. The van der Waals surface area contributed by atoms with E-state index >= 15 is 0 Å². The summed E-state index contributed by atoms with van der Waals surface area (Å²) in [7, 11) is -2.51. The number of hydrogen-bond acceptors (Lipinski definition) is 6. The highest BCUT2D eigenvalue weighted by atomic mass is 32.2. The molecule has 0 radical (unpaired) electrons. The molecule has 0 spiro atoms. The Bertz CT molecular complexity index is 1210. The molecule has 1 amide bonds. The lowest BCUT2D eigenvalue weighted by Gasteiger charge is -2.23. The number of ether oxygens (including phenoxy) is 1. The number of nitrogens with two attached hydrogens (primary N) is 1. The molecular weight excluding hydrogens is 483 g/mol. The number of halogens is 1. The van der Waals surface area contributed by atoms with Gasteiger partial charge in [-0.05, 0) is 79.0 Å². The number of unbranched alkanes of at least 4 members (excludes halogenated alkanes) is 2. The van der Waals surface area contributed by atoms with Crippen molar-refractivity contribution >= 4 is 16.0 Å². The highest BCUT2D eigenvalue weighted by Gasteiger charge is 2.18. The molecule has 0 fully saturated rings. The molecule has 9 heteroatoms. The van der Waals surface area contributed by atoms with Crippen molar-refractivity contribution in [2.24, 2.45) is 5.73 Å². The molecule has 0 aliphatic rings. The number of hydrogen-bond donors (Lipinski definition) is 1. The van der Waals surface area contributed by atoms with Crippen molar-refractivity contribution in [3.63, 3.8) is 0 Å². The number of amides is 1. The molecule has 3 aromatic carbocycles. The fraction of sp³-hybridized carbons (Fsp3) is 0.296. The Hall–Kier alpha value is -3.43. The normalized spacial score (nSPS) is 11.2. The minimum atomic E-state index is -4.01. The van der Waals surface area contributed by atoms with Crippen LogP contribution in [0.3, 0.4) is 0 Å². The van der Waals surface area contributed by atoms with Crippen LogP contribution in [0, 0.1) is 5.82 Å². The zero-order valence-electron chi connectivity index (χ0n) is 20.2. The van der Waals surface area contributed by atoms with E-state index in [-0.39, 0.29) is 22.4 Å². The first-order chi connectivity index (χ1) is 17.3. The summed E-state index contributed by atoms with van der Waals surface area (Å²) in [6, 6.07) is 18.5. The third-order valence-corrected chi connectivity index (χ3v) is 6.85. The van der Waals surface area contributed by atoms with Crippen molar-refractivity contribution in [1.82, 2.24) is 4.90 Å². The Morgan fingerprint density at radius 1 is 0.833 bits per heavy atom. The van der Waals surface area contributed by atoms with Crippen molar-refractivity contribution in [2.75, 3.05) is 13.7 Å². The molecule has 192 valence electrons. The summed E-state index contributed by atoms with van der Waals surface area (Å²) in [6.45, 7) is 1.24. The largest absolute Gasteiger partial charge is 0.497 e. The van der Waals surface area contributed by atoms with E-state index in [1.807, 2.05) is 0 Å². The summed E-state index contributed by atoms with van der Waals surface area (Å²) < 4.78 is 48.8. The van der Waals surface area contributed by atoms with Crippen LogP contribution in [0.4, 0.5) is 4.39 Å². The van der Waals surface area contributed by atoms with Crippen LogP contribution in [0.5, 0.6) is 11.5 Å². The monoisotopic (exact) mass is 514 g/mol. The summed E-state index contributed by atoms with van der Waals surface area (Å²) >= 11 is 0. The first kappa shape index (κ1) is 27.2. The average Bonchev–Trinajstić information content (AvgIpc) is 2.88. The van der Waals surface area contributed by atoms with E-state index in [2.05, 4.69) is 0 Å². The van der Waals surface area contributed by atoms with E-state index < -0.39 is 10.1 Å². The van der Waals surface area contributed by atoms with E-state index in [1.54, 1.807) is 53.4 Å². The number of benzene rings is 3. The zero-order valence-corrected chi connectivity index (χ0v) is 21.0. The van der Waals surface area contributed by atoms with Crippen molar-refractivity contribution in [3.05, 3.63) is 89.7 Å². The number of rotatable bonds is 13. The molecule has 0 saturated heterocycles. The molecule has 0 atom stereocenters. The molecular formula is C27H31FN2O5S. The molecule has 0 bridgehead atoms. The number of carbonyl (C=O) groups is 1. The van der Waals surface area contributed by atoms with Crippen molar-refractivity contribution in [3.8, 4) is 11.5 Å². The van der Waals surface area contributed by atoms with Gasteiger partial charge in [-0.3, -0.25) is 4.79 Å². The van der Waals surface area contributed by atoms with Gasteiger partial charge in [-0.15, -0.1) is 0 Å². The van der Waals surface area contributed by atoms with Crippen LogP contribution >= 0.6 is 0 Å². The van der Waals surface area contributed by atoms with Gasteiger partial charge in [0.15, 0.2) is 0 Å². The molecule has 36 heavy (non-hydrogen) atoms. The van der Waals surface area contributed by atoms with Crippen LogP contribution in [0.1, 0.15) is 36.8 Å². The first-order valence-corrected chi connectivity index (χ1v) is 13.1. The summed E-state index contributed by atoms with van der Waals surface area (Å²) in [6.07, 6.45) is 2.88. The van der Waals surface area contributed by atoms with Gasteiger partial charge >= 0.3 is 10.1 Å². The van der Waals surface area contributed by atoms with Gasteiger partial charge in [0.2, 0.25) is 5.91 Å². The molecule has 3 aromatic rings. The smallest absolute Gasteiger partial charge is 0.339 e. The maximum Gasteiger partial charge on any atom is 0.339 e. The van der Waals surface area contributed by atoms with E-state index in [0.717, 1.165) is 30.4 Å². The summed E-state index contributed by atoms with van der Waals surface area (Å²) in [5.41, 5.74) is 7.16. The van der Waals surface area contributed by atoms with Gasteiger partial charge in [-0.25, -0.2) is 4.39 Å². The van der Waals surface area contributed by atoms with Gasteiger partial charge in [0.25, 0.3) is 0 Å². The summed E-state index contributed by atoms with van der Waals surface area (Å²) in [5.74, 6) is 0.350. The maximum atomic E-state index is 13.3. The van der Waals surface area contributed by atoms with Crippen molar-refractivity contribution in [1.29, 1.82) is 0 Å². The van der Waals surface area contributed by atoms with Crippen molar-refractivity contribution < 1.29 is 26.5 Å². The molecule has 0 unspecified atom stereocenters. The Morgan fingerprint density at radius 3 is 1.94 bits per heavy atom. The highest BCUT2D eigenvalue weighted by Crippen LogP contribution is 2.22. The van der Waals surface area contributed by atoms with Crippen LogP contribution in [0.2, 0.25) is 0 Å². The fourth-order valence-electron chi connectivity index (χ4n) is 3.59. The van der Waals surface area contributed by atoms with Crippen LogP contribution in [-0.4, -0.2) is 32.9 Å². The fourth-order valence-corrected chi connectivity index (χ4v) is 4.52. The highest BCUT2D eigenvalue weighted by molar-refractivity contribution is 7.87. The minimum absolute atomic E-state index is 0.0121. The van der Waals surface area contributed by atoms with E-state index in [4.69, 9.17) is 14.7 Å². The lowest BCUT2D eigenvalue weighted by atomic mass is 10.1. The Kier molecular flexibility index (Phi) is 9.84. The van der Waals surface area contributed by atoms with Crippen LogP contribution in [-0.2, 0) is 28.0 Å². The predicted octanol–water partition coefficient (Wildman–Crippen LogP) is 4.65. The van der Waals surface area contributed by atoms with E-state index in [1.165, 1.54) is 31.4 Å². The van der Waals surface area contributed by atoms with Gasteiger partial charge < -0.3 is 19.6 Å². The second kappa shape index (κ2) is 13.0. The van der Waals surface area contributed by atoms with Crippen LogP contribution in [0.25, 0.3) is 0 Å². The molecule has 0 aliphatic carbocycles. The molecule has 0 aliphatic heterocycles. The van der Waals surface area contributed by atoms with Gasteiger partial charge in [0.1, 0.15) is 22.2 Å². The molecule has 0 heterocycles. The average molecular weight is 515 g/mol. The third kappa shape index (κ3) is 8.07. The van der Waals surface area contributed by atoms with Gasteiger partial charge in [0.05, 0.1) is 7.11 Å². The van der Waals surface area contributed by atoms with E-state index in [9.17, 15) is 17.6 Å². The number of nitrogens with zero attached hydrogens (tertiary/aromatic N) is 1. The first-order valence-electron chi connectivity index (χ1n) is 11.7. The molecule has 7 nitrogen and oxygen atoms in total. The maximum absolute atomic E-state index is 13.3. The quantitative estimate of drug-likeness (QED) is 0.263. The van der Waals surface area contributed by atoms with Crippen molar-refractivity contribution in [2.45, 2.75) is 43.7 Å². The van der Waals surface area contributed by atoms with Gasteiger partial charge in [-0.1, -0.05) is 30.7 Å². The third-order valence-electron chi connectivity index (χ3n) is 5.58. The summed E-state index contributed by atoms with van der Waals surface area (Å²) in [4.78, 5) is 14.7. The number of methoxy groups -OCH3 is 1. The minimum Gasteiger partial charge on any atom is -0.497 e. The topological polar surface area (TPSA) is 98.9 Å². The van der Waals surface area contributed by atoms with Crippen LogP contribution in [0.15, 0.2) is 77.7 Å². The predicted molar refractivity (Wildman–Crippen MR) is 135 cm³/mol. The SMILES string of the molecule is COc1ccc(S(=O)(=O)Oc2ccc(CN(Cc3ccc(F)cc3)C(=O)CCCCCN)cc2)cc1. The molecule has 2 N–H and O–H groups in total. The Labute approximate surface area is 211 Å². The second-order valence-corrected chi connectivity index (χ2v) is 9.88. The van der Waals surface area contributed by atoms with Gasteiger partial charge in [0, 0.05) is 19.5 Å². The molecule has 0 aromatic heterocycles. The molecule has 3 rings (SSSR count). The van der Waals surface area contributed by atoms with E-state index in [0.29, 0.717) is 31.8 Å². The Balaban J connectivity index is 1.69. The lowest BCUT2D eigenvalue weighted by Crippen LogP contribution is -2.30. The van der Waals surface area contributed by atoms with Crippen LogP contribution < -0.4 is 14.7 Å². The molecule has 0 saturated carbocycles. The standard InChI is InChI=1S/C27H31FN2O5S/c1-34-24-14-16-26(17-15-24)36(32,33)35-25-12-8-22(9-13-25)20-30(27(31)5-3-2-4-18-29)19-21-6-10-23(28)11-7-21/h6-17H,2-5,18-20,29H2,1H3. The number of carbonyl (C=O) groups excluding carboxylic acids is 1. The zero-order chi connectivity index (χ0) is 26.0. The van der Waals surface area contributed by atoms with Gasteiger partial charge in [-0.2, -0.15) is 8.42 Å². The summed E-state index contributed by atoms with van der Waals surface area (Å²) in [5, 5.41) is 0. The lowest BCUT2D eigenvalue weighted by molar-refractivity contribution is -0.132. The second-order valence-electron chi connectivity index (χ2n) is 8.33.